The van der Waals surface area contributed by atoms with Gasteiger partial charge in [-0.1, -0.05) is 60.7 Å². The van der Waals surface area contributed by atoms with Gasteiger partial charge in [0.25, 0.3) is 0 Å². The summed E-state index contributed by atoms with van der Waals surface area (Å²) < 4.78 is 9.15. The number of nitrogens with zero attached hydrogens (tertiary/aromatic N) is 7. The van der Waals surface area contributed by atoms with Gasteiger partial charge < -0.3 is 4.90 Å². The summed E-state index contributed by atoms with van der Waals surface area (Å²) in [6.45, 7) is 0. The van der Waals surface area contributed by atoms with Crippen molar-refractivity contribution in [2.45, 2.75) is 0 Å². The minimum atomic E-state index is -0.234. The molecule has 4 aromatic carbocycles. The van der Waals surface area contributed by atoms with E-state index in [1.807, 2.05) is 123 Å². The molecule has 0 saturated heterocycles. The summed E-state index contributed by atoms with van der Waals surface area (Å²) in [5, 5.41) is 39.6. The summed E-state index contributed by atoms with van der Waals surface area (Å²) >= 11 is 1.01. The van der Waals surface area contributed by atoms with Gasteiger partial charge in [0.05, 0.1) is 11.7 Å². The van der Waals surface area contributed by atoms with Crippen LogP contribution in [0, 0.1) is 109 Å². The zero-order valence-electron chi connectivity index (χ0n) is 26.8. The number of fused-ring (bicyclic) bond motifs is 1. The quantitative estimate of drug-likeness (QED) is 0.0934. The average Bonchev–Trinajstić information content (AvgIpc) is 4.00. The molecular formula is C42H25FeN7S+2. The van der Waals surface area contributed by atoms with Crippen molar-refractivity contribution in [1.29, 1.82) is 21.0 Å². The van der Waals surface area contributed by atoms with Crippen molar-refractivity contribution in [3.8, 4) is 35.4 Å². The molecule has 0 bridgehead atoms. The van der Waals surface area contributed by atoms with Crippen LogP contribution in [0.1, 0.15) is 5.56 Å². The topological polar surface area (TPSA) is 124 Å². The Balaban J connectivity index is 0.000000774. The first kappa shape index (κ1) is 36.7. The summed E-state index contributed by atoms with van der Waals surface area (Å²) in [7, 11) is 0. The second-order valence-electron chi connectivity index (χ2n) is 10.8. The third kappa shape index (κ3) is 8.10. The fraction of sp³-hybridized carbons (Fsp3) is 0. The largest absolute Gasteiger partial charge is 2.00 e. The van der Waals surface area contributed by atoms with Gasteiger partial charge in [-0.3, -0.25) is 0 Å². The monoisotopic (exact) mass is 715 g/mol. The molecule has 51 heavy (non-hydrogen) atoms. The molecule has 0 atom stereocenters. The van der Waals surface area contributed by atoms with Gasteiger partial charge in [0.1, 0.15) is 46.5 Å². The number of nitriles is 4. The van der Waals surface area contributed by atoms with E-state index in [2.05, 4.69) is 37.9 Å². The Labute approximate surface area is 314 Å². The molecule has 7 nitrogen and oxygen atoms in total. The van der Waals surface area contributed by atoms with E-state index in [1.54, 1.807) is 31.7 Å². The number of anilines is 3. The minimum Gasteiger partial charge on any atom is -0.311 e. The number of para-hydroxylation sites is 2. The minimum absolute atomic E-state index is 0. The third-order valence-corrected chi connectivity index (χ3v) is 8.38. The number of aromatic nitrogens is 2. The first-order chi connectivity index (χ1) is 24.7. The Morgan fingerprint density at radius 3 is 1.49 bits per heavy atom. The number of benzene rings is 4. The van der Waals surface area contributed by atoms with Crippen LogP contribution in [-0.4, -0.2) is 8.75 Å². The van der Waals surface area contributed by atoms with Gasteiger partial charge >= 0.3 is 17.1 Å². The molecule has 7 rings (SSSR count). The van der Waals surface area contributed by atoms with E-state index in [-0.39, 0.29) is 39.4 Å². The van der Waals surface area contributed by atoms with Gasteiger partial charge in [-0.25, -0.2) is 0 Å². The normalized spacial score (nSPS) is 13.3. The summed E-state index contributed by atoms with van der Waals surface area (Å²) in [5.74, 6) is 0.545. The van der Waals surface area contributed by atoms with Crippen LogP contribution in [-0.2, 0) is 17.1 Å². The van der Waals surface area contributed by atoms with Crippen LogP contribution >= 0.6 is 11.7 Å². The van der Waals surface area contributed by atoms with E-state index < -0.39 is 0 Å². The Bertz CT molecular complexity index is 2110. The summed E-state index contributed by atoms with van der Waals surface area (Å²) in [6, 6.07) is 39.8. The first-order valence-electron chi connectivity index (χ1n) is 15.4. The van der Waals surface area contributed by atoms with Crippen LogP contribution in [0.15, 0.2) is 114 Å². The molecule has 240 valence electrons. The second kappa shape index (κ2) is 17.9. The Morgan fingerprint density at radius 1 is 0.510 bits per heavy atom. The van der Waals surface area contributed by atoms with Gasteiger partial charge in [0.2, 0.25) is 0 Å². The summed E-state index contributed by atoms with van der Waals surface area (Å²) in [4.78, 5) is 2.18. The molecule has 10 radical (unpaired) electrons. The number of hydrogen-bond donors (Lipinski definition) is 0. The maximum absolute atomic E-state index is 9.97. The maximum atomic E-state index is 9.97. The number of rotatable bonds is 7. The fourth-order valence-corrected chi connectivity index (χ4v) is 6.21. The molecule has 9 heteroatoms. The van der Waals surface area contributed by atoms with E-state index in [0.29, 0.717) is 22.5 Å². The van der Waals surface area contributed by atoms with Crippen molar-refractivity contribution in [1.82, 2.24) is 8.75 Å². The fourth-order valence-electron chi connectivity index (χ4n) is 5.64. The Hall–Kier alpha value is -5.54. The predicted octanol–water partition coefficient (Wildman–Crippen LogP) is 9.40. The Morgan fingerprint density at radius 2 is 0.980 bits per heavy atom. The molecule has 2 fully saturated rings. The molecule has 0 aliphatic heterocycles. The molecule has 2 aliphatic rings. The van der Waals surface area contributed by atoms with Crippen LogP contribution in [0.3, 0.4) is 0 Å². The van der Waals surface area contributed by atoms with E-state index in [0.717, 1.165) is 39.9 Å². The molecule has 2 aliphatic carbocycles. The average molecular weight is 716 g/mol. The van der Waals surface area contributed by atoms with Gasteiger partial charge in [-0.2, -0.15) is 29.8 Å². The SMILES string of the molecule is N#CC(C#N)=C([C]1[CH][CH][CH][CH]1)C(=C(C#N)C#N)c1ccc(-c2ccc(N(c3ccccc3)c3ccccc3)cc2)c2nsnc12.[CH]1[CH][CH][CH][CH]1.[Fe+2]. The van der Waals surface area contributed by atoms with Crippen molar-refractivity contribution in [3.05, 3.63) is 183 Å². The van der Waals surface area contributed by atoms with E-state index in [1.165, 1.54) is 0 Å². The smallest absolute Gasteiger partial charge is 0.311 e. The molecule has 0 N–H and O–H groups in total. The van der Waals surface area contributed by atoms with E-state index in [4.69, 9.17) is 0 Å². The molecule has 0 amide bonds. The number of allylic oxidation sites excluding steroid dienone is 4. The van der Waals surface area contributed by atoms with Crippen LogP contribution in [0.2, 0.25) is 0 Å². The predicted molar refractivity (Wildman–Crippen MR) is 196 cm³/mol. The summed E-state index contributed by atoms with van der Waals surface area (Å²) in [5.41, 5.74) is 6.16. The van der Waals surface area contributed by atoms with Crippen LogP contribution in [0.25, 0.3) is 27.7 Å². The second-order valence-corrected chi connectivity index (χ2v) is 11.3. The summed E-state index contributed by atoms with van der Waals surface area (Å²) in [6.07, 6.45) is 17.0. The Kier molecular flexibility index (Phi) is 12.9. The van der Waals surface area contributed by atoms with Crippen molar-refractivity contribution in [3.63, 3.8) is 0 Å². The van der Waals surface area contributed by atoms with Crippen LogP contribution < -0.4 is 4.90 Å². The van der Waals surface area contributed by atoms with Gasteiger partial charge in [0.15, 0.2) is 0 Å². The molecule has 5 aromatic rings. The van der Waals surface area contributed by atoms with Crippen LogP contribution in [0.4, 0.5) is 17.1 Å². The molecule has 1 aromatic heterocycles. The van der Waals surface area contributed by atoms with Gasteiger partial charge in [-0.15, -0.1) is 0 Å². The van der Waals surface area contributed by atoms with Crippen molar-refractivity contribution in [2.24, 2.45) is 0 Å². The number of hydrogen-bond acceptors (Lipinski definition) is 8. The van der Waals surface area contributed by atoms with Crippen molar-refractivity contribution >= 4 is 45.4 Å². The molecule has 0 spiro atoms. The van der Waals surface area contributed by atoms with E-state index in [9.17, 15) is 21.0 Å². The van der Waals surface area contributed by atoms with Crippen molar-refractivity contribution in [2.75, 3.05) is 4.90 Å². The van der Waals surface area contributed by atoms with Gasteiger partial charge in [0, 0.05) is 39.7 Å². The molecule has 2 saturated carbocycles. The standard InChI is InChI=1S/C37H20N7S.C5H5.Fe/c38-21-27(22-39)34(26-9-7-8-10-26)35(28(23-40)24-41)33-20-19-32(36-37(33)43-45-42-36)25-15-17-31(18-16-25)44(29-11-3-1-4-12-29)30-13-5-2-6-14-30;1-2-4-5-3-1;/h1-20H;1-5H;/q;;+2. The van der Waals surface area contributed by atoms with E-state index >= 15 is 0 Å². The van der Waals surface area contributed by atoms with Crippen LogP contribution in [0.5, 0.6) is 0 Å². The van der Waals surface area contributed by atoms with Crippen molar-refractivity contribution < 1.29 is 17.1 Å². The third-order valence-electron chi connectivity index (χ3n) is 7.85. The molecule has 1 heterocycles. The van der Waals surface area contributed by atoms with Gasteiger partial charge in [-0.05, 0) is 105 Å². The maximum Gasteiger partial charge on any atom is 2.00 e. The molecule has 0 unspecified atom stereocenters. The molecular weight excluding hydrogens is 690 g/mol. The first-order valence-corrected chi connectivity index (χ1v) is 16.2. The zero-order valence-corrected chi connectivity index (χ0v) is 28.7. The zero-order chi connectivity index (χ0) is 34.7.